The maximum absolute atomic E-state index is 14.1. The van der Waals surface area contributed by atoms with Crippen molar-refractivity contribution in [1.82, 2.24) is 29.8 Å². The molecule has 8 heteroatoms. The Bertz CT molecular complexity index is 1080. The van der Waals surface area contributed by atoms with Crippen LogP contribution in [0, 0.1) is 12.7 Å². The molecule has 1 N–H and O–H groups in total. The summed E-state index contributed by atoms with van der Waals surface area (Å²) in [6, 6.07) is 8.84. The van der Waals surface area contributed by atoms with Crippen LogP contribution in [0.3, 0.4) is 0 Å². The molecule has 0 spiro atoms. The lowest BCUT2D eigenvalue weighted by atomic mass is 10.0. The van der Waals surface area contributed by atoms with Crippen molar-refractivity contribution >= 4 is 5.91 Å². The fraction of sp³-hybridized carbons (Fsp3) is 0.458. The second-order valence-corrected chi connectivity index (χ2v) is 8.54. The number of carbonyl (C=O) groups excluding carboxylic acids is 1. The third-order valence-electron chi connectivity index (χ3n) is 6.08. The summed E-state index contributed by atoms with van der Waals surface area (Å²) in [5.74, 6) is -0.298. The van der Waals surface area contributed by atoms with Crippen molar-refractivity contribution in [3.05, 3.63) is 59.3 Å². The highest BCUT2D eigenvalue weighted by molar-refractivity contribution is 5.95. The molecular weight excluding hydrogens is 407 g/mol. The van der Waals surface area contributed by atoms with Gasteiger partial charge in [0.25, 0.3) is 5.91 Å². The predicted octanol–water partition coefficient (Wildman–Crippen LogP) is 3.54. The second-order valence-electron chi connectivity index (χ2n) is 8.54. The molecule has 1 fully saturated rings. The van der Waals surface area contributed by atoms with Gasteiger partial charge in [-0.2, -0.15) is 10.2 Å². The van der Waals surface area contributed by atoms with Crippen LogP contribution in [0.25, 0.3) is 11.3 Å². The number of amides is 1. The number of piperidine rings is 1. The van der Waals surface area contributed by atoms with E-state index in [1.165, 1.54) is 6.07 Å². The molecule has 1 amide bonds. The number of benzene rings is 1. The van der Waals surface area contributed by atoms with Crippen molar-refractivity contribution in [2.75, 3.05) is 13.1 Å². The van der Waals surface area contributed by atoms with E-state index in [0.717, 1.165) is 56.8 Å². The van der Waals surface area contributed by atoms with E-state index in [0.29, 0.717) is 16.8 Å². The standard InChI is InChI=1S/C24H31FN6O/c1-4-11-31-16-21(17(2)27-31)24(32)26-18-9-12-30(13-10-18)15-19-14-23(28-29(19)3)20-7-5-6-8-22(20)25/h5-8,14,16,18H,4,9-13,15H2,1-3H3,(H,26,32). The molecule has 0 saturated carbocycles. The van der Waals surface area contributed by atoms with Crippen LogP contribution >= 0.6 is 0 Å². The third kappa shape index (κ3) is 4.91. The quantitative estimate of drug-likeness (QED) is 0.613. The number of likely N-dealkylation sites (tertiary alicyclic amines) is 1. The van der Waals surface area contributed by atoms with Gasteiger partial charge in [-0.1, -0.05) is 19.1 Å². The van der Waals surface area contributed by atoms with Gasteiger partial charge in [0.05, 0.1) is 22.6 Å². The number of nitrogens with zero attached hydrogens (tertiary/aromatic N) is 5. The van der Waals surface area contributed by atoms with Crippen molar-refractivity contribution in [1.29, 1.82) is 0 Å². The molecule has 0 aliphatic carbocycles. The fourth-order valence-electron chi connectivity index (χ4n) is 4.27. The van der Waals surface area contributed by atoms with Crippen LogP contribution < -0.4 is 5.32 Å². The molecule has 32 heavy (non-hydrogen) atoms. The SMILES string of the molecule is CCCn1cc(C(=O)NC2CCN(Cc3cc(-c4ccccc4F)nn3C)CC2)c(C)n1. The normalized spacial score (nSPS) is 15.2. The molecule has 0 radical (unpaired) electrons. The molecule has 170 valence electrons. The summed E-state index contributed by atoms with van der Waals surface area (Å²) in [5.41, 5.74) is 3.66. The average molecular weight is 439 g/mol. The lowest BCUT2D eigenvalue weighted by Crippen LogP contribution is -2.44. The highest BCUT2D eigenvalue weighted by atomic mass is 19.1. The Hall–Kier alpha value is -3.00. The van der Waals surface area contributed by atoms with Gasteiger partial charge in [-0.15, -0.1) is 0 Å². The summed E-state index contributed by atoms with van der Waals surface area (Å²) >= 11 is 0. The zero-order chi connectivity index (χ0) is 22.7. The number of nitrogens with one attached hydrogen (secondary N) is 1. The monoisotopic (exact) mass is 438 g/mol. The molecule has 0 bridgehead atoms. The minimum absolute atomic E-state index is 0.0375. The largest absolute Gasteiger partial charge is 0.349 e. The summed E-state index contributed by atoms with van der Waals surface area (Å²) in [4.78, 5) is 15.1. The Morgan fingerprint density at radius 3 is 2.69 bits per heavy atom. The molecule has 1 aliphatic rings. The molecule has 1 aliphatic heterocycles. The fourth-order valence-corrected chi connectivity index (χ4v) is 4.27. The van der Waals surface area contributed by atoms with E-state index in [-0.39, 0.29) is 17.8 Å². The van der Waals surface area contributed by atoms with Crippen molar-refractivity contribution < 1.29 is 9.18 Å². The zero-order valence-electron chi connectivity index (χ0n) is 19.0. The van der Waals surface area contributed by atoms with Crippen molar-refractivity contribution in [3.63, 3.8) is 0 Å². The molecule has 1 saturated heterocycles. The van der Waals surface area contributed by atoms with E-state index < -0.39 is 0 Å². The van der Waals surface area contributed by atoms with Crippen molar-refractivity contribution in [2.24, 2.45) is 7.05 Å². The van der Waals surface area contributed by atoms with Gasteiger partial charge in [0.1, 0.15) is 5.82 Å². The number of aryl methyl sites for hydroxylation is 3. The van der Waals surface area contributed by atoms with Crippen molar-refractivity contribution in [3.8, 4) is 11.3 Å². The summed E-state index contributed by atoms with van der Waals surface area (Å²) in [7, 11) is 1.90. The van der Waals surface area contributed by atoms with Gasteiger partial charge in [-0.05, 0) is 44.4 Å². The van der Waals surface area contributed by atoms with E-state index in [4.69, 9.17) is 0 Å². The molecule has 0 atom stereocenters. The van der Waals surface area contributed by atoms with Gasteiger partial charge in [0.2, 0.25) is 0 Å². The minimum Gasteiger partial charge on any atom is -0.349 e. The molecule has 3 heterocycles. The predicted molar refractivity (Wildman–Crippen MR) is 122 cm³/mol. The van der Waals surface area contributed by atoms with Gasteiger partial charge >= 0.3 is 0 Å². The first-order chi connectivity index (χ1) is 15.4. The first-order valence-corrected chi connectivity index (χ1v) is 11.3. The van der Waals surface area contributed by atoms with Gasteiger partial charge in [-0.3, -0.25) is 19.1 Å². The topological polar surface area (TPSA) is 68.0 Å². The van der Waals surface area contributed by atoms with Crippen LogP contribution in [-0.2, 0) is 20.1 Å². The molecule has 2 aromatic heterocycles. The number of aromatic nitrogens is 4. The maximum Gasteiger partial charge on any atom is 0.254 e. The smallest absolute Gasteiger partial charge is 0.254 e. The Kier molecular flexibility index (Phi) is 6.69. The van der Waals surface area contributed by atoms with Crippen LogP contribution in [0.15, 0.2) is 36.5 Å². The molecule has 1 aromatic carbocycles. The first kappa shape index (κ1) is 22.2. The average Bonchev–Trinajstić information content (AvgIpc) is 3.32. The first-order valence-electron chi connectivity index (χ1n) is 11.3. The summed E-state index contributed by atoms with van der Waals surface area (Å²) in [6.45, 7) is 7.32. The Balaban J connectivity index is 1.32. The molecule has 3 aromatic rings. The molecule has 4 rings (SSSR count). The van der Waals surface area contributed by atoms with Crippen LogP contribution in [0.5, 0.6) is 0 Å². The summed E-state index contributed by atoms with van der Waals surface area (Å²) in [5, 5.41) is 12.1. The van der Waals surface area contributed by atoms with Gasteiger partial charge < -0.3 is 5.32 Å². The lowest BCUT2D eigenvalue weighted by Gasteiger charge is -2.32. The van der Waals surface area contributed by atoms with Gasteiger partial charge in [0, 0.05) is 51.0 Å². The van der Waals surface area contributed by atoms with Crippen LogP contribution in [0.2, 0.25) is 0 Å². The number of rotatable bonds is 7. The van der Waals surface area contributed by atoms with E-state index >= 15 is 0 Å². The van der Waals surface area contributed by atoms with Crippen LogP contribution in [-0.4, -0.2) is 49.5 Å². The lowest BCUT2D eigenvalue weighted by molar-refractivity contribution is 0.0907. The summed E-state index contributed by atoms with van der Waals surface area (Å²) in [6.07, 6.45) is 4.62. The number of carbonyl (C=O) groups is 1. The Morgan fingerprint density at radius 1 is 1.22 bits per heavy atom. The Labute approximate surface area is 188 Å². The number of hydrogen-bond donors (Lipinski definition) is 1. The molecule has 0 unspecified atom stereocenters. The highest BCUT2D eigenvalue weighted by Gasteiger charge is 2.23. The molecular formula is C24H31FN6O. The van der Waals surface area contributed by atoms with E-state index in [2.05, 4.69) is 27.3 Å². The van der Waals surface area contributed by atoms with Crippen LogP contribution in [0.1, 0.15) is 47.9 Å². The number of halogens is 1. The number of hydrogen-bond acceptors (Lipinski definition) is 4. The zero-order valence-corrected chi connectivity index (χ0v) is 19.0. The third-order valence-corrected chi connectivity index (χ3v) is 6.08. The van der Waals surface area contributed by atoms with E-state index in [1.807, 2.05) is 41.7 Å². The summed E-state index contributed by atoms with van der Waals surface area (Å²) < 4.78 is 17.8. The molecule has 7 nitrogen and oxygen atoms in total. The van der Waals surface area contributed by atoms with Gasteiger partial charge in [0.15, 0.2) is 0 Å². The second kappa shape index (κ2) is 9.65. The minimum atomic E-state index is -0.260. The van der Waals surface area contributed by atoms with E-state index in [1.54, 1.807) is 12.1 Å². The Morgan fingerprint density at radius 2 is 1.97 bits per heavy atom. The van der Waals surface area contributed by atoms with Crippen molar-refractivity contribution in [2.45, 2.75) is 52.2 Å². The maximum atomic E-state index is 14.1. The van der Waals surface area contributed by atoms with Crippen LogP contribution in [0.4, 0.5) is 4.39 Å². The van der Waals surface area contributed by atoms with E-state index in [9.17, 15) is 9.18 Å². The van der Waals surface area contributed by atoms with Gasteiger partial charge in [-0.25, -0.2) is 4.39 Å². The highest BCUT2D eigenvalue weighted by Crippen LogP contribution is 2.23.